The van der Waals surface area contributed by atoms with Gasteiger partial charge in [0.05, 0.1) is 29.1 Å². The monoisotopic (exact) mass is 543 g/mol. The van der Waals surface area contributed by atoms with Gasteiger partial charge >= 0.3 is 0 Å². The Morgan fingerprint density at radius 2 is 1.79 bits per heavy atom. The quantitative estimate of drug-likeness (QED) is 0.140. The predicted octanol–water partition coefficient (Wildman–Crippen LogP) is 5.66. The van der Waals surface area contributed by atoms with Crippen LogP contribution in [0.3, 0.4) is 0 Å². The Bertz CT molecular complexity index is 1610. The summed E-state index contributed by atoms with van der Waals surface area (Å²) in [6.07, 6.45) is 5.07. The molecule has 0 bridgehead atoms. The van der Waals surface area contributed by atoms with Crippen LogP contribution in [0.4, 0.5) is 21.7 Å². The van der Waals surface area contributed by atoms with Gasteiger partial charge in [-0.05, 0) is 53.6 Å². The van der Waals surface area contributed by atoms with Crippen LogP contribution in [-0.4, -0.2) is 30.9 Å². The second-order valence-electron chi connectivity index (χ2n) is 8.63. The molecule has 0 saturated heterocycles. The molecule has 0 saturated carbocycles. The minimum Gasteiger partial charge on any atom is -0.366 e. The SMILES string of the molecule is O=C(NO)c1ccc(Cn2cc(Nc3cc(-c4cccc(NCc5cccc(F)c5)n4)c(Cl)cn3)cn2)cc1. The lowest BCUT2D eigenvalue weighted by molar-refractivity contribution is 0.0706. The Morgan fingerprint density at radius 3 is 2.59 bits per heavy atom. The molecule has 39 heavy (non-hydrogen) atoms. The number of anilines is 3. The number of pyridine rings is 2. The number of carbonyl (C=O) groups is 1. The van der Waals surface area contributed by atoms with Gasteiger partial charge in [0.1, 0.15) is 17.5 Å². The fraction of sp³-hybridized carbons (Fsp3) is 0.0714. The number of nitrogens with one attached hydrogen (secondary N) is 3. The first-order valence-corrected chi connectivity index (χ1v) is 12.3. The van der Waals surface area contributed by atoms with E-state index in [1.165, 1.54) is 12.1 Å². The second-order valence-corrected chi connectivity index (χ2v) is 9.04. The average molecular weight is 544 g/mol. The molecule has 5 rings (SSSR count). The number of amides is 1. The van der Waals surface area contributed by atoms with Crippen molar-refractivity contribution in [3.63, 3.8) is 0 Å². The molecule has 0 aliphatic rings. The Labute approximate surface area is 228 Å². The summed E-state index contributed by atoms with van der Waals surface area (Å²) in [5.74, 6) is 0.344. The van der Waals surface area contributed by atoms with Crippen molar-refractivity contribution in [1.29, 1.82) is 0 Å². The molecule has 0 aliphatic carbocycles. The van der Waals surface area contributed by atoms with Crippen molar-refractivity contribution in [2.24, 2.45) is 0 Å². The van der Waals surface area contributed by atoms with E-state index in [9.17, 15) is 9.18 Å². The van der Waals surface area contributed by atoms with Gasteiger partial charge in [0, 0.05) is 30.1 Å². The predicted molar refractivity (Wildman–Crippen MR) is 147 cm³/mol. The van der Waals surface area contributed by atoms with Crippen molar-refractivity contribution in [2.75, 3.05) is 10.6 Å². The highest BCUT2D eigenvalue weighted by molar-refractivity contribution is 6.33. The molecule has 0 atom stereocenters. The van der Waals surface area contributed by atoms with E-state index >= 15 is 0 Å². The van der Waals surface area contributed by atoms with E-state index in [1.807, 2.05) is 36.5 Å². The van der Waals surface area contributed by atoms with Crippen LogP contribution >= 0.6 is 11.6 Å². The van der Waals surface area contributed by atoms with E-state index in [2.05, 4.69) is 25.7 Å². The number of carbonyl (C=O) groups excluding carboxylic acids is 1. The fourth-order valence-corrected chi connectivity index (χ4v) is 4.10. The Kier molecular flexibility index (Phi) is 7.76. The summed E-state index contributed by atoms with van der Waals surface area (Å²) in [5, 5.41) is 20.0. The second kappa shape index (κ2) is 11.7. The molecular formula is C28H23ClFN7O2. The van der Waals surface area contributed by atoms with Crippen LogP contribution in [0.25, 0.3) is 11.3 Å². The van der Waals surface area contributed by atoms with Gasteiger partial charge in [-0.3, -0.25) is 14.7 Å². The zero-order valence-electron chi connectivity index (χ0n) is 20.5. The van der Waals surface area contributed by atoms with Crippen LogP contribution in [-0.2, 0) is 13.1 Å². The van der Waals surface area contributed by atoms with Gasteiger partial charge in [0.25, 0.3) is 5.91 Å². The Hall–Kier alpha value is -4.80. The number of hydrogen-bond donors (Lipinski definition) is 4. The third kappa shape index (κ3) is 6.56. The first kappa shape index (κ1) is 25.8. The first-order valence-electron chi connectivity index (χ1n) is 11.9. The maximum absolute atomic E-state index is 13.5. The number of hydroxylamine groups is 1. The van der Waals surface area contributed by atoms with E-state index in [0.29, 0.717) is 46.6 Å². The van der Waals surface area contributed by atoms with Gasteiger partial charge < -0.3 is 10.6 Å². The first-order chi connectivity index (χ1) is 19.0. The summed E-state index contributed by atoms with van der Waals surface area (Å²) < 4.78 is 15.2. The molecule has 3 heterocycles. The van der Waals surface area contributed by atoms with Crippen molar-refractivity contribution in [1.82, 2.24) is 25.2 Å². The maximum Gasteiger partial charge on any atom is 0.274 e. The van der Waals surface area contributed by atoms with Crippen LogP contribution < -0.4 is 16.1 Å². The molecule has 9 nitrogen and oxygen atoms in total. The van der Waals surface area contributed by atoms with Gasteiger partial charge in [-0.25, -0.2) is 19.8 Å². The minimum absolute atomic E-state index is 0.284. The molecule has 1 amide bonds. The smallest absolute Gasteiger partial charge is 0.274 e. The minimum atomic E-state index is -0.566. The van der Waals surface area contributed by atoms with Gasteiger partial charge in [0.15, 0.2) is 0 Å². The van der Waals surface area contributed by atoms with Crippen LogP contribution in [0.1, 0.15) is 21.5 Å². The van der Waals surface area contributed by atoms with Gasteiger partial charge in [-0.15, -0.1) is 0 Å². The van der Waals surface area contributed by atoms with E-state index in [0.717, 1.165) is 16.8 Å². The molecule has 0 radical (unpaired) electrons. The van der Waals surface area contributed by atoms with Crippen molar-refractivity contribution in [3.05, 3.63) is 119 Å². The van der Waals surface area contributed by atoms with E-state index in [1.54, 1.807) is 52.9 Å². The molecule has 11 heteroatoms. The molecule has 2 aromatic carbocycles. The van der Waals surface area contributed by atoms with Gasteiger partial charge in [-0.1, -0.05) is 41.9 Å². The zero-order valence-corrected chi connectivity index (χ0v) is 21.2. The summed E-state index contributed by atoms with van der Waals surface area (Å²) in [7, 11) is 0. The molecule has 3 aromatic heterocycles. The van der Waals surface area contributed by atoms with Gasteiger partial charge in [0.2, 0.25) is 0 Å². The summed E-state index contributed by atoms with van der Waals surface area (Å²) in [4.78, 5) is 20.5. The van der Waals surface area contributed by atoms with Crippen LogP contribution in [0.2, 0.25) is 5.02 Å². The third-order valence-corrected chi connectivity index (χ3v) is 6.11. The standard InChI is InChI=1S/C28H23ClFN7O2/c29-24-15-32-27(34-22-14-33-37(17-22)16-18-7-9-20(10-8-18)28(38)36-39)12-23(24)25-5-2-6-26(35-25)31-13-19-3-1-4-21(30)11-19/h1-12,14-15,17,39H,13,16H2,(H,31,35)(H,32,34)(H,36,38). The normalized spacial score (nSPS) is 10.7. The van der Waals surface area contributed by atoms with Crippen LogP contribution in [0.15, 0.2) is 91.4 Å². The van der Waals surface area contributed by atoms with Crippen LogP contribution in [0.5, 0.6) is 0 Å². The van der Waals surface area contributed by atoms with E-state index in [4.69, 9.17) is 16.8 Å². The summed E-state index contributed by atoms with van der Waals surface area (Å²) in [6, 6.07) is 20.6. The number of halogens is 2. The highest BCUT2D eigenvalue weighted by Gasteiger charge is 2.10. The Morgan fingerprint density at radius 1 is 0.974 bits per heavy atom. The summed E-state index contributed by atoms with van der Waals surface area (Å²) >= 11 is 6.46. The lowest BCUT2D eigenvalue weighted by Gasteiger charge is -2.10. The molecular weight excluding hydrogens is 521 g/mol. The van der Waals surface area contributed by atoms with Gasteiger partial charge in [-0.2, -0.15) is 5.10 Å². The third-order valence-electron chi connectivity index (χ3n) is 5.81. The molecule has 0 aliphatic heterocycles. The lowest BCUT2D eigenvalue weighted by atomic mass is 10.1. The van der Waals surface area contributed by atoms with E-state index < -0.39 is 5.91 Å². The van der Waals surface area contributed by atoms with Crippen molar-refractivity contribution in [3.8, 4) is 11.3 Å². The average Bonchev–Trinajstić information content (AvgIpc) is 3.39. The lowest BCUT2D eigenvalue weighted by Crippen LogP contribution is -2.18. The molecule has 0 fully saturated rings. The molecule has 4 N–H and O–H groups in total. The molecule has 5 aromatic rings. The molecule has 0 unspecified atom stereocenters. The van der Waals surface area contributed by atoms with E-state index in [-0.39, 0.29) is 5.82 Å². The largest absolute Gasteiger partial charge is 0.366 e. The Balaban J connectivity index is 1.26. The highest BCUT2D eigenvalue weighted by Crippen LogP contribution is 2.30. The summed E-state index contributed by atoms with van der Waals surface area (Å²) in [6.45, 7) is 0.915. The summed E-state index contributed by atoms with van der Waals surface area (Å²) in [5.41, 5.74) is 5.79. The number of benzene rings is 2. The number of aromatic nitrogens is 4. The van der Waals surface area contributed by atoms with Crippen LogP contribution in [0, 0.1) is 5.82 Å². The molecule has 196 valence electrons. The number of rotatable bonds is 9. The maximum atomic E-state index is 13.5. The van der Waals surface area contributed by atoms with Crippen molar-refractivity contribution < 1.29 is 14.4 Å². The fourth-order valence-electron chi connectivity index (χ4n) is 3.90. The van der Waals surface area contributed by atoms with Crippen molar-refractivity contribution >= 4 is 34.8 Å². The number of hydrogen-bond acceptors (Lipinski definition) is 7. The topological polar surface area (TPSA) is 117 Å². The zero-order chi connectivity index (χ0) is 27.2. The highest BCUT2D eigenvalue weighted by atomic mass is 35.5. The molecule has 0 spiro atoms. The number of nitrogens with zero attached hydrogens (tertiary/aromatic N) is 4. The van der Waals surface area contributed by atoms with Crippen molar-refractivity contribution in [2.45, 2.75) is 13.1 Å².